The third-order valence-corrected chi connectivity index (χ3v) is 6.94. The maximum atomic E-state index is 13.0. The monoisotopic (exact) mass is 433 g/mol. The Morgan fingerprint density at radius 2 is 1.87 bits per heavy atom. The van der Waals surface area contributed by atoms with Crippen LogP contribution in [0, 0.1) is 10.1 Å². The van der Waals surface area contributed by atoms with Gasteiger partial charge in [0.15, 0.2) is 4.90 Å². The van der Waals surface area contributed by atoms with E-state index in [9.17, 15) is 18.5 Å². The molecule has 1 fully saturated rings. The van der Waals surface area contributed by atoms with E-state index in [0.717, 1.165) is 24.5 Å². The predicted octanol–water partition coefficient (Wildman–Crippen LogP) is 4.17. The van der Waals surface area contributed by atoms with Crippen molar-refractivity contribution in [2.24, 2.45) is 0 Å². The minimum absolute atomic E-state index is 0.218. The number of nitro benzene ring substituents is 1. The fourth-order valence-corrected chi connectivity index (χ4v) is 5.13. The summed E-state index contributed by atoms with van der Waals surface area (Å²) in [6.07, 6.45) is 5.97. The number of anilines is 1. The highest BCUT2D eigenvalue weighted by Crippen LogP contribution is 2.31. The van der Waals surface area contributed by atoms with Crippen LogP contribution >= 0.6 is 0 Å². The molecule has 0 aromatic heterocycles. The first kappa shape index (κ1) is 22.0. The molecule has 0 bridgehead atoms. The molecule has 0 saturated heterocycles. The van der Waals surface area contributed by atoms with Crippen molar-refractivity contribution in [2.75, 3.05) is 18.9 Å². The Labute approximate surface area is 177 Å². The van der Waals surface area contributed by atoms with E-state index in [-0.39, 0.29) is 5.75 Å². The van der Waals surface area contributed by atoms with Crippen LogP contribution in [0.15, 0.2) is 47.4 Å². The average Bonchev–Trinajstić information content (AvgIpc) is 2.75. The lowest BCUT2D eigenvalue weighted by atomic mass is 9.94. The lowest BCUT2D eigenvalue weighted by Crippen LogP contribution is -2.33. The lowest BCUT2D eigenvalue weighted by molar-refractivity contribution is -0.387. The molecule has 0 amide bonds. The Morgan fingerprint density at radius 1 is 1.17 bits per heavy atom. The van der Waals surface area contributed by atoms with E-state index in [1.54, 1.807) is 12.1 Å². The van der Waals surface area contributed by atoms with Crippen LogP contribution in [0.2, 0.25) is 0 Å². The molecule has 0 aliphatic heterocycles. The van der Waals surface area contributed by atoms with Crippen LogP contribution in [0.4, 0.5) is 11.4 Å². The zero-order valence-electron chi connectivity index (χ0n) is 17.2. The summed E-state index contributed by atoms with van der Waals surface area (Å²) in [4.78, 5) is 12.6. The molecule has 1 saturated carbocycles. The number of ether oxygens (including phenoxy) is 1. The van der Waals surface area contributed by atoms with Gasteiger partial charge in [0.2, 0.25) is 0 Å². The number of benzene rings is 2. The molecular formula is C21H27N3O5S. The predicted molar refractivity (Wildman–Crippen MR) is 115 cm³/mol. The van der Waals surface area contributed by atoms with Crippen molar-refractivity contribution in [3.8, 4) is 5.75 Å². The largest absolute Gasteiger partial charge is 0.497 e. The highest BCUT2D eigenvalue weighted by Gasteiger charge is 2.27. The van der Waals surface area contributed by atoms with E-state index in [1.807, 2.05) is 12.1 Å². The van der Waals surface area contributed by atoms with E-state index < -0.39 is 25.5 Å². The molecule has 0 unspecified atom stereocenters. The van der Waals surface area contributed by atoms with Crippen molar-refractivity contribution in [3.05, 3.63) is 58.1 Å². The number of rotatable bonds is 8. The number of hydrogen-bond acceptors (Lipinski definition) is 6. The summed E-state index contributed by atoms with van der Waals surface area (Å²) >= 11 is 0. The van der Waals surface area contributed by atoms with Crippen molar-refractivity contribution < 1.29 is 18.1 Å². The second-order valence-corrected chi connectivity index (χ2v) is 9.21. The highest BCUT2D eigenvalue weighted by atomic mass is 32.2. The third-order valence-electron chi connectivity index (χ3n) is 5.53. The SMILES string of the molecule is COc1ccc(S(=O)(=O)Nc2ccccc2CN(C)C2CCCCC2)c([N+](=O)[O-])c1. The van der Waals surface area contributed by atoms with Crippen molar-refractivity contribution in [2.45, 2.75) is 49.6 Å². The van der Waals surface area contributed by atoms with Crippen LogP contribution in [-0.4, -0.2) is 38.4 Å². The van der Waals surface area contributed by atoms with Crippen molar-refractivity contribution in [3.63, 3.8) is 0 Å². The molecule has 9 heteroatoms. The molecule has 8 nitrogen and oxygen atoms in total. The summed E-state index contributed by atoms with van der Waals surface area (Å²) in [5.41, 5.74) is 0.717. The molecular weight excluding hydrogens is 406 g/mol. The van der Waals surface area contributed by atoms with Gasteiger partial charge in [-0.05, 0) is 43.7 Å². The fourth-order valence-electron chi connectivity index (χ4n) is 3.87. The number of nitrogens with zero attached hydrogens (tertiary/aromatic N) is 2. The molecule has 0 radical (unpaired) electrons. The molecule has 2 aromatic carbocycles. The minimum atomic E-state index is -4.16. The van der Waals surface area contributed by atoms with Crippen molar-refractivity contribution >= 4 is 21.4 Å². The van der Waals surface area contributed by atoms with E-state index in [1.165, 1.54) is 38.5 Å². The molecule has 3 rings (SSSR count). The van der Waals surface area contributed by atoms with E-state index in [4.69, 9.17) is 4.74 Å². The normalized spacial score (nSPS) is 15.2. The van der Waals surface area contributed by atoms with Crippen LogP contribution in [-0.2, 0) is 16.6 Å². The van der Waals surface area contributed by atoms with Gasteiger partial charge in [-0.1, -0.05) is 37.5 Å². The minimum Gasteiger partial charge on any atom is -0.497 e. The van der Waals surface area contributed by atoms with Crippen LogP contribution < -0.4 is 9.46 Å². The Hall–Kier alpha value is -2.65. The lowest BCUT2D eigenvalue weighted by Gasteiger charge is -2.31. The maximum absolute atomic E-state index is 13.0. The Morgan fingerprint density at radius 3 is 2.53 bits per heavy atom. The molecule has 162 valence electrons. The first-order valence-corrected chi connectivity index (χ1v) is 11.4. The summed E-state index contributed by atoms with van der Waals surface area (Å²) in [5, 5.41) is 11.4. The molecule has 1 N–H and O–H groups in total. The molecule has 2 aromatic rings. The highest BCUT2D eigenvalue weighted by molar-refractivity contribution is 7.92. The summed E-state index contributed by atoms with van der Waals surface area (Å²) in [7, 11) is -0.746. The van der Waals surface area contributed by atoms with Gasteiger partial charge in [-0.3, -0.25) is 19.7 Å². The second-order valence-electron chi connectivity index (χ2n) is 7.56. The Balaban J connectivity index is 1.86. The van der Waals surface area contributed by atoms with Gasteiger partial charge in [0.1, 0.15) is 5.75 Å². The summed E-state index contributed by atoms with van der Waals surface area (Å²) < 4.78 is 33.5. The van der Waals surface area contributed by atoms with Gasteiger partial charge in [0, 0.05) is 12.6 Å². The van der Waals surface area contributed by atoms with E-state index in [0.29, 0.717) is 18.3 Å². The zero-order chi connectivity index (χ0) is 21.7. The van der Waals surface area contributed by atoms with Gasteiger partial charge in [0.25, 0.3) is 15.7 Å². The number of nitrogens with one attached hydrogen (secondary N) is 1. The third kappa shape index (κ3) is 5.09. The van der Waals surface area contributed by atoms with E-state index >= 15 is 0 Å². The van der Waals surface area contributed by atoms with Crippen LogP contribution in [0.5, 0.6) is 5.75 Å². The quantitative estimate of drug-likeness (QED) is 0.495. The maximum Gasteiger partial charge on any atom is 0.293 e. The van der Waals surface area contributed by atoms with Crippen molar-refractivity contribution in [1.29, 1.82) is 0 Å². The standard InChI is InChI=1S/C21H27N3O5S/c1-23(17-9-4-3-5-10-17)15-16-8-6-7-11-19(16)22-30(27,28)21-13-12-18(29-2)14-20(21)24(25)26/h6-8,11-14,17,22H,3-5,9-10,15H2,1-2H3. The molecule has 30 heavy (non-hydrogen) atoms. The van der Waals surface area contributed by atoms with Gasteiger partial charge in [-0.2, -0.15) is 0 Å². The summed E-state index contributed by atoms with van der Waals surface area (Å²) in [5.74, 6) is 0.218. The van der Waals surface area contributed by atoms with Gasteiger partial charge in [-0.15, -0.1) is 0 Å². The Kier molecular flexibility index (Phi) is 6.94. The van der Waals surface area contributed by atoms with Crippen molar-refractivity contribution in [1.82, 2.24) is 4.90 Å². The van der Waals surface area contributed by atoms with Crippen LogP contribution in [0.1, 0.15) is 37.7 Å². The average molecular weight is 434 g/mol. The van der Waals surface area contributed by atoms with Crippen LogP contribution in [0.25, 0.3) is 0 Å². The fraction of sp³-hybridized carbons (Fsp3) is 0.429. The number of methoxy groups -OCH3 is 1. The zero-order valence-corrected chi connectivity index (χ0v) is 18.0. The Bertz CT molecular complexity index is 1000. The van der Waals surface area contributed by atoms with Gasteiger partial charge in [0.05, 0.1) is 23.8 Å². The smallest absolute Gasteiger partial charge is 0.293 e. The van der Waals surface area contributed by atoms with Gasteiger partial charge >= 0.3 is 0 Å². The molecule has 1 aliphatic carbocycles. The molecule has 0 spiro atoms. The number of hydrogen-bond donors (Lipinski definition) is 1. The van der Waals surface area contributed by atoms with Gasteiger partial charge in [-0.25, -0.2) is 8.42 Å². The molecule has 0 atom stereocenters. The van der Waals surface area contributed by atoms with E-state index in [2.05, 4.69) is 16.7 Å². The first-order valence-electron chi connectivity index (χ1n) is 9.95. The first-order chi connectivity index (χ1) is 14.3. The summed E-state index contributed by atoms with van der Waals surface area (Å²) in [6, 6.07) is 11.3. The van der Waals surface area contributed by atoms with Gasteiger partial charge < -0.3 is 4.74 Å². The van der Waals surface area contributed by atoms with Crippen LogP contribution in [0.3, 0.4) is 0 Å². The summed E-state index contributed by atoms with van der Waals surface area (Å²) in [6.45, 7) is 0.591. The molecule has 0 heterocycles. The topological polar surface area (TPSA) is 102 Å². The number of para-hydroxylation sites is 1. The number of sulfonamides is 1. The second kappa shape index (κ2) is 9.44. The molecule has 1 aliphatic rings. The number of nitro groups is 1.